The number of ether oxygens (including phenoxy) is 1. The Labute approximate surface area is 160 Å². The maximum absolute atomic E-state index is 12.9. The monoisotopic (exact) mass is 363 g/mol. The van der Waals surface area contributed by atoms with Crippen molar-refractivity contribution in [2.75, 3.05) is 7.05 Å². The zero-order chi connectivity index (χ0) is 19.0. The third kappa shape index (κ3) is 3.25. The Kier molecular flexibility index (Phi) is 4.73. The van der Waals surface area contributed by atoms with Gasteiger partial charge >= 0.3 is 6.09 Å². The maximum Gasteiger partial charge on any atom is 0.410 e. The molecule has 4 rings (SSSR count). The second kappa shape index (κ2) is 7.18. The van der Waals surface area contributed by atoms with Crippen molar-refractivity contribution in [2.45, 2.75) is 44.8 Å². The van der Waals surface area contributed by atoms with Gasteiger partial charge in [0.25, 0.3) is 0 Å². The fourth-order valence-corrected chi connectivity index (χ4v) is 4.35. The van der Waals surface area contributed by atoms with Crippen LogP contribution in [0.4, 0.5) is 4.79 Å². The Morgan fingerprint density at radius 2 is 1.52 bits per heavy atom. The standard InChI is InChI=1S/C23H25NO3/c1-15(16-11-13-17(25)14-12-16)24(2)23(26)27-22-20-9-5-3-7-18(20)19-8-4-6-10-21(19)22/h3-10,15-16,22H,11-14H2,1-2H3. The molecule has 0 bridgehead atoms. The number of amides is 1. The fraction of sp³-hybridized carbons (Fsp3) is 0.391. The van der Waals surface area contributed by atoms with E-state index in [1.165, 1.54) is 0 Å². The van der Waals surface area contributed by atoms with Crippen molar-refractivity contribution in [1.29, 1.82) is 0 Å². The van der Waals surface area contributed by atoms with Gasteiger partial charge in [0.15, 0.2) is 6.10 Å². The van der Waals surface area contributed by atoms with Crippen LogP contribution in [0.1, 0.15) is 49.8 Å². The molecule has 0 spiro atoms. The molecule has 1 atom stereocenters. The summed E-state index contributed by atoms with van der Waals surface area (Å²) in [6, 6.07) is 16.3. The highest BCUT2D eigenvalue weighted by Crippen LogP contribution is 2.45. The van der Waals surface area contributed by atoms with Gasteiger partial charge in [-0.2, -0.15) is 0 Å². The molecule has 2 aromatic carbocycles. The molecule has 0 aromatic heterocycles. The molecule has 0 saturated heterocycles. The Morgan fingerprint density at radius 1 is 1.00 bits per heavy atom. The van der Waals surface area contributed by atoms with Gasteiger partial charge < -0.3 is 9.64 Å². The van der Waals surface area contributed by atoms with E-state index in [0.29, 0.717) is 24.5 Å². The summed E-state index contributed by atoms with van der Waals surface area (Å²) >= 11 is 0. The number of ketones is 1. The second-order valence-electron chi connectivity index (χ2n) is 7.67. The highest BCUT2D eigenvalue weighted by Gasteiger charge is 2.34. The quantitative estimate of drug-likeness (QED) is 0.773. The largest absolute Gasteiger partial charge is 0.436 e. The minimum Gasteiger partial charge on any atom is -0.436 e. The van der Waals surface area contributed by atoms with Crippen molar-refractivity contribution < 1.29 is 14.3 Å². The van der Waals surface area contributed by atoms with Crippen molar-refractivity contribution in [2.24, 2.45) is 5.92 Å². The van der Waals surface area contributed by atoms with E-state index < -0.39 is 0 Å². The van der Waals surface area contributed by atoms with Gasteiger partial charge in [0, 0.05) is 37.1 Å². The average molecular weight is 363 g/mol. The summed E-state index contributed by atoms with van der Waals surface area (Å²) in [5, 5.41) is 0. The molecule has 0 heterocycles. The molecule has 0 aliphatic heterocycles. The van der Waals surface area contributed by atoms with Crippen LogP contribution in [0.5, 0.6) is 0 Å². The molecule has 1 amide bonds. The summed E-state index contributed by atoms with van der Waals surface area (Å²) in [7, 11) is 1.80. The first-order valence-electron chi connectivity index (χ1n) is 9.69. The Morgan fingerprint density at radius 3 is 2.07 bits per heavy atom. The lowest BCUT2D eigenvalue weighted by Gasteiger charge is -2.34. The van der Waals surface area contributed by atoms with Crippen molar-refractivity contribution in [1.82, 2.24) is 4.90 Å². The molecule has 2 aliphatic rings. The molecule has 2 aliphatic carbocycles. The molecule has 140 valence electrons. The minimum atomic E-state index is -0.368. The van der Waals surface area contributed by atoms with E-state index in [1.54, 1.807) is 11.9 Å². The lowest BCUT2D eigenvalue weighted by atomic mass is 9.83. The molecule has 1 saturated carbocycles. The average Bonchev–Trinajstić information content (AvgIpc) is 3.01. The number of hydrogen-bond donors (Lipinski definition) is 0. The van der Waals surface area contributed by atoms with Crippen LogP contribution in [0.3, 0.4) is 0 Å². The first kappa shape index (κ1) is 17.8. The molecule has 4 nitrogen and oxygen atoms in total. The first-order chi connectivity index (χ1) is 13.1. The van der Waals surface area contributed by atoms with Crippen LogP contribution < -0.4 is 0 Å². The van der Waals surface area contributed by atoms with E-state index in [1.807, 2.05) is 36.4 Å². The lowest BCUT2D eigenvalue weighted by Crippen LogP contribution is -2.41. The second-order valence-corrected chi connectivity index (χ2v) is 7.67. The van der Waals surface area contributed by atoms with Gasteiger partial charge in [0.2, 0.25) is 0 Å². The molecule has 4 heteroatoms. The first-order valence-corrected chi connectivity index (χ1v) is 9.69. The minimum absolute atomic E-state index is 0.0532. The predicted octanol–water partition coefficient (Wildman–Crippen LogP) is 4.97. The topological polar surface area (TPSA) is 46.6 Å². The number of carbonyl (C=O) groups is 2. The van der Waals surface area contributed by atoms with Crippen molar-refractivity contribution in [3.63, 3.8) is 0 Å². The van der Waals surface area contributed by atoms with Gasteiger partial charge in [-0.05, 0) is 36.8 Å². The molecule has 0 N–H and O–H groups in total. The Hall–Kier alpha value is -2.62. The van der Waals surface area contributed by atoms with Gasteiger partial charge in [-0.15, -0.1) is 0 Å². The number of Topliss-reactive ketones (excluding diaryl/α,β-unsaturated/α-hetero) is 1. The van der Waals surface area contributed by atoms with Crippen LogP contribution in [0.2, 0.25) is 0 Å². The van der Waals surface area contributed by atoms with Crippen LogP contribution in [0.15, 0.2) is 48.5 Å². The summed E-state index contributed by atoms with van der Waals surface area (Å²) < 4.78 is 5.98. The number of hydrogen-bond acceptors (Lipinski definition) is 3. The SMILES string of the molecule is CC(C1CCC(=O)CC1)N(C)C(=O)OC1c2ccccc2-c2ccccc21. The molecular formula is C23H25NO3. The van der Waals surface area contributed by atoms with Gasteiger partial charge in [0.1, 0.15) is 5.78 Å². The number of nitrogens with zero attached hydrogens (tertiary/aromatic N) is 1. The normalized spacial score (nSPS) is 17.9. The summed E-state index contributed by atoms with van der Waals surface area (Å²) in [6.45, 7) is 2.05. The van der Waals surface area contributed by atoms with Gasteiger partial charge in [-0.3, -0.25) is 4.79 Å². The van der Waals surface area contributed by atoms with E-state index in [4.69, 9.17) is 4.74 Å². The van der Waals surface area contributed by atoms with Crippen LogP contribution in [-0.2, 0) is 9.53 Å². The number of fused-ring (bicyclic) bond motifs is 3. The van der Waals surface area contributed by atoms with Crippen LogP contribution in [0, 0.1) is 5.92 Å². The van der Waals surface area contributed by atoms with Crippen molar-refractivity contribution in [3.8, 4) is 11.1 Å². The third-order valence-corrected chi connectivity index (χ3v) is 6.16. The van der Waals surface area contributed by atoms with Gasteiger partial charge in [0.05, 0.1) is 0 Å². The van der Waals surface area contributed by atoms with Gasteiger partial charge in [-0.1, -0.05) is 48.5 Å². The van der Waals surface area contributed by atoms with Crippen molar-refractivity contribution >= 4 is 11.9 Å². The number of carbonyl (C=O) groups excluding carboxylic acids is 2. The fourth-order valence-electron chi connectivity index (χ4n) is 4.35. The van der Waals surface area contributed by atoms with Crippen LogP contribution in [0.25, 0.3) is 11.1 Å². The third-order valence-electron chi connectivity index (χ3n) is 6.16. The van der Waals surface area contributed by atoms with E-state index in [2.05, 4.69) is 19.1 Å². The summed E-state index contributed by atoms with van der Waals surface area (Å²) in [4.78, 5) is 26.1. The smallest absolute Gasteiger partial charge is 0.410 e. The van der Waals surface area contributed by atoms with E-state index in [-0.39, 0.29) is 18.2 Å². The Balaban J connectivity index is 1.52. The summed E-state index contributed by atoms with van der Waals surface area (Å²) in [5.41, 5.74) is 4.34. The zero-order valence-electron chi connectivity index (χ0n) is 15.9. The van der Waals surface area contributed by atoms with E-state index in [0.717, 1.165) is 35.1 Å². The van der Waals surface area contributed by atoms with Crippen molar-refractivity contribution in [3.05, 3.63) is 59.7 Å². The number of benzene rings is 2. The molecule has 2 aromatic rings. The Bertz CT molecular complexity index is 820. The number of rotatable bonds is 3. The van der Waals surface area contributed by atoms with E-state index >= 15 is 0 Å². The molecule has 0 radical (unpaired) electrons. The summed E-state index contributed by atoms with van der Waals surface area (Å²) in [5.74, 6) is 0.686. The highest BCUT2D eigenvalue weighted by atomic mass is 16.6. The van der Waals surface area contributed by atoms with Gasteiger partial charge in [-0.25, -0.2) is 4.79 Å². The molecular weight excluding hydrogens is 338 g/mol. The predicted molar refractivity (Wildman–Crippen MR) is 104 cm³/mol. The zero-order valence-corrected chi connectivity index (χ0v) is 15.9. The van der Waals surface area contributed by atoms with Crippen LogP contribution in [-0.4, -0.2) is 29.9 Å². The lowest BCUT2D eigenvalue weighted by molar-refractivity contribution is -0.121. The van der Waals surface area contributed by atoms with Crippen LogP contribution >= 0.6 is 0 Å². The highest BCUT2D eigenvalue weighted by molar-refractivity contribution is 5.80. The molecule has 1 unspecified atom stereocenters. The molecule has 27 heavy (non-hydrogen) atoms. The maximum atomic E-state index is 12.9. The van der Waals surface area contributed by atoms with E-state index in [9.17, 15) is 9.59 Å². The summed E-state index contributed by atoms with van der Waals surface area (Å²) in [6.07, 6.45) is 2.28. The molecule has 1 fully saturated rings.